The first-order valence-electron chi connectivity index (χ1n) is 21.1. The predicted molar refractivity (Wildman–Crippen MR) is 226 cm³/mol. The van der Waals surface area contributed by atoms with Crippen molar-refractivity contribution in [3.63, 3.8) is 0 Å². The zero-order chi connectivity index (χ0) is 43.2. The second-order valence-corrected chi connectivity index (χ2v) is 16.0. The number of allylic oxidation sites excluding steroid dienone is 2. The Morgan fingerprint density at radius 2 is 1.62 bits per heavy atom. The van der Waals surface area contributed by atoms with Crippen molar-refractivity contribution >= 4 is 35.5 Å². The lowest BCUT2D eigenvalue weighted by atomic mass is 9.95. The maximum atomic E-state index is 14.2. The molecule has 0 radical (unpaired) electrons. The summed E-state index contributed by atoms with van der Waals surface area (Å²) in [5.74, 6) is -4.03. The van der Waals surface area contributed by atoms with Crippen molar-refractivity contribution in [1.29, 1.82) is 0 Å². The van der Waals surface area contributed by atoms with E-state index in [-0.39, 0.29) is 42.7 Å². The number of hydrogen-bond donors (Lipinski definition) is 7. The number of carbonyl (C=O) groups is 6. The molecule has 14 heteroatoms. The van der Waals surface area contributed by atoms with Crippen LogP contribution in [0, 0.1) is 11.8 Å². The molecule has 1 aromatic rings. The van der Waals surface area contributed by atoms with Crippen molar-refractivity contribution in [3.05, 3.63) is 54.6 Å². The Morgan fingerprint density at radius 1 is 0.897 bits per heavy atom. The summed E-state index contributed by atoms with van der Waals surface area (Å²) >= 11 is 0. The number of nitrogens with two attached hydrogens (primary N) is 1. The Morgan fingerprint density at radius 3 is 2.26 bits per heavy atom. The molecule has 1 heterocycles. The van der Waals surface area contributed by atoms with E-state index >= 15 is 0 Å². The summed E-state index contributed by atoms with van der Waals surface area (Å²) in [6.45, 7) is 15.5. The molecule has 1 aliphatic rings. The fourth-order valence-electron chi connectivity index (χ4n) is 7.16. The zero-order valence-corrected chi connectivity index (χ0v) is 35.2. The van der Waals surface area contributed by atoms with Gasteiger partial charge in [0.25, 0.3) is 0 Å². The van der Waals surface area contributed by atoms with Gasteiger partial charge in [-0.2, -0.15) is 0 Å². The minimum atomic E-state index is -1.22. The Kier molecular flexibility index (Phi) is 22.4. The van der Waals surface area contributed by atoms with E-state index in [9.17, 15) is 39.0 Å². The molecule has 6 atom stereocenters. The molecule has 14 nitrogen and oxygen atoms in total. The number of nitrogens with one attached hydrogen (secondary N) is 4. The number of carbonyl (C=O) groups excluding carboxylic acids is 5. The Labute approximate surface area is 345 Å². The van der Waals surface area contributed by atoms with Gasteiger partial charge < -0.3 is 42.1 Å². The number of carboxylic acids is 1. The number of phenolic OH excluding ortho intramolecular Hbond substituents is 1. The highest BCUT2D eigenvalue weighted by atomic mass is 16.4. The number of nitrogens with zero attached hydrogens (tertiary/aromatic N) is 1. The van der Waals surface area contributed by atoms with Crippen molar-refractivity contribution in [3.8, 4) is 5.75 Å². The molecule has 0 aliphatic carbocycles. The summed E-state index contributed by atoms with van der Waals surface area (Å²) < 4.78 is 0. The number of amides is 5. The van der Waals surface area contributed by atoms with E-state index in [4.69, 9.17) is 5.73 Å². The Bertz CT molecular complexity index is 1530. The van der Waals surface area contributed by atoms with Crippen LogP contribution in [-0.2, 0) is 41.6 Å². The van der Waals surface area contributed by atoms with Gasteiger partial charge in [0.05, 0.1) is 0 Å². The molecule has 58 heavy (non-hydrogen) atoms. The van der Waals surface area contributed by atoms with Crippen molar-refractivity contribution in [2.45, 2.75) is 154 Å². The zero-order valence-electron chi connectivity index (χ0n) is 35.2. The summed E-state index contributed by atoms with van der Waals surface area (Å²) in [5, 5.41) is 31.4. The molecule has 0 unspecified atom stereocenters. The molecular formula is C44H70N6O8. The average Bonchev–Trinajstić information content (AvgIpc) is 3.68. The van der Waals surface area contributed by atoms with E-state index in [1.54, 1.807) is 25.1 Å². The normalized spacial score (nSPS) is 16.4. The van der Waals surface area contributed by atoms with Crippen molar-refractivity contribution in [2.75, 3.05) is 13.1 Å². The van der Waals surface area contributed by atoms with E-state index in [2.05, 4.69) is 34.4 Å². The highest BCUT2D eigenvalue weighted by Gasteiger charge is 2.39. The van der Waals surface area contributed by atoms with Crippen LogP contribution >= 0.6 is 0 Å². The number of carboxylic acid groups (broad SMARTS) is 1. The molecular weight excluding hydrogens is 741 g/mol. The quantitative estimate of drug-likeness (QED) is 0.0470. The maximum absolute atomic E-state index is 14.2. The molecule has 8 N–H and O–H groups in total. The second-order valence-electron chi connectivity index (χ2n) is 16.0. The molecule has 0 bridgehead atoms. The Hall–Kier alpha value is -4.72. The number of rotatable bonds is 28. The first-order valence-corrected chi connectivity index (χ1v) is 21.1. The van der Waals surface area contributed by atoms with E-state index in [0.717, 1.165) is 25.7 Å². The smallest absolute Gasteiger partial charge is 0.326 e. The largest absolute Gasteiger partial charge is 0.508 e. The lowest BCUT2D eigenvalue weighted by molar-refractivity contribution is -0.143. The van der Waals surface area contributed by atoms with Gasteiger partial charge in [-0.25, -0.2) is 4.79 Å². The first-order chi connectivity index (χ1) is 27.7. The van der Waals surface area contributed by atoms with Crippen LogP contribution in [0.25, 0.3) is 0 Å². The number of hydrogen-bond acceptors (Lipinski definition) is 8. The Balaban J connectivity index is 2.38. The third-order valence-electron chi connectivity index (χ3n) is 10.7. The number of unbranched alkanes of at least 4 members (excludes halogenated alkanes) is 5. The molecule has 5 amide bonds. The molecule has 1 saturated heterocycles. The topological polar surface area (TPSA) is 220 Å². The van der Waals surface area contributed by atoms with Gasteiger partial charge in [-0.05, 0) is 99.8 Å². The minimum absolute atomic E-state index is 0.0177. The third-order valence-corrected chi connectivity index (χ3v) is 10.7. The molecule has 1 aromatic carbocycles. The molecule has 0 spiro atoms. The first kappa shape index (κ1) is 49.4. The van der Waals surface area contributed by atoms with Gasteiger partial charge in [-0.3, -0.25) is 24.0 Å². The predicted octanol–water partition coefficient (Wildman–Crippen LogP) is 4.43. The van der Waals surface area contributed by atoms with Gasteiger partial charge in [0.1, 0.15) is 36.0 Å². The fourth-order valence-corrected chi connectivity index (χ4v) is 7.16. The van der Waals surface area contributed by atoms with Crippen LogP contribution in [0.5, 0.6) is 5.75 Å². The number of aliphatic carboxylic acids is 1. The highest BCUT2D eigenvalue weighted by molar-refractivity contribution is 5.96. The van der Waals surface area contributed by atoms with E-state index in [1.165, 1.54) is 11.0 Å². The average molecular weight is 811 g/mol. The van der Waals surface area contributed by atoms with Crippen LogP contribution < -0.4 is 27.0 Å². The summed E-state index contributed by atoms with van der Waals surface area (Å²) in [5.41, 5.74) is 6.92. The number of benzene rings is 1. The maximum Gasteiger partial charge on any atom is 0.326 e. The van der Waals surface area contributed by atoms with E-state index in [0.29, 0.717) is 75.6 Å². The van der Waals surface area contributed by atoms with Gasteiger partial charge in [0, 0.05) is 19.4 Å². The molecule has 0 saturated carbocycles. The van der Waals surface area contributed by atoms with Crippen LogP contribution in [0.1, 0.15) is 122 Å². The summed E-state index contributed by atoms with van der Waals surface area (Å²) in [6.07, 6.45) is 11.8. The summed E-state index contributed by atoms with van der Waals surface area (Å²) in [4.78, 5) is 82.6. The van der Waals surface area contributed by atoms with Crippen LogP contribution in [-0.4, -0.2) is 93.9 Å². The van der Waals surface area contributed by atoms with Crippen LogP contribution in [0.15, 0.2) is 43.5 Å². The van der Waals surface area contributed by atoms with Crippen molar-refractivity contribution in [2.24, 2.45) is 17.6 Å². The number of aromatic hydroxyl groups is 1. The van der Waals surface area contributed by atoms with Gasteiger partial charge >= 0.3 is 5.97 Å². The van der Waals surface area contributed by atoms with E-state index < -0.39 is 59.8 Å². The molecule has 324 valence electrons. The monoisotopic (exact) mass is 811 g/mol. The standard InChI is InChI=1S/C44H70N6O8/c1-7-10-11-12-13-14-21-38(52)46-33(19-15-16-24-45)43(56)50-25-17-20-36(50)41(54)47-34(28-31-22-23-37(51)32(27-31)18-8-2)40(53)49-39(30(6)9-3)42(55)48-35(44(57)58)26-29(4)5/h7-8,22-23,27,29-30,33-36,39,51H,1-2,9-21,24-26,28,45H2,3-6H3,(H,46,52)(H,47,54)(H,48,55)(H,49,53)(H,57,58)/t30-,33-,34-,35-,36-,39-/m0/s1. The molecule has 1 aliphatic heterocycles. The molecule has 0 aromatic heterocycles. The van der Waals surface area contributed by atoms with E-state index in [1.807, 2.05) is 26.8 Å². The summed E-state index contributed by atoms with van der Waals surface area (Å²) in [6, 6.07) is -0.397. The van der Waals surface area contributed by atoms with Gasteiger partial charge in [0.15, 0.2) is 0 Å². The fraction of sp³-hybridized carbons (Fsp3) is 0.636. The number of phenols is 1. The highest BCUT2D eigenvalue weighted by Crippen LogP contribution is 2.23. The molecule has 2 rings (SSSR count). The van der Waals surface area contributed by atoms with Gasteiger partial charge in [-0.15, -0.1) is 13.2 Å². The number of likely N-dealkylation sites (tertiary alicyclic amines) is 1. The second kappa shape index (κ2) is 26.3. The lowest BCUT2D eigenvalue weighted by Gasteiger charge is -2.31. The minimum Gasteiger partial charge on any atom is -0.508 e. The van der Waals surface area contributed by atoms with Crippen LogP contribution in [0.4, 0.5) is 0 Å². The lowest BCUT2D eigenvalue weighted by Crippen LogP contribution is -2.60. The molecule has 1 fully saturated rings. The van der Waals surface area contributed by atoms with Gasteiger partial charge in [0.2, 0.25) is 29.5 Å². The third kappa shape index (κ3) is 16.6. The summed E-state index contributed by atoms with van der Waals surface area (Å²) in [7, 11) is 0. The van der Waals surface area contributed by atoms with Crippen molar-refractivity contribution in [1.82, 2.24) is 26.2 Å². The van der Waals surface area contributed by atoms with Crippen LogP contribution in [0.2, 0.25) is 0 Å². The SMILES string of the molecule is C=CCCCCCCC(=O)N[C@@H](CCCCN)C(=O)N1CCC[C@H]1C(=O)N[C@@H](Cc1ccc(O)c(CC=C)c1)C(=O)N[C@H](C(=O)N[C@@H](CC(C)C)C(=O)O)[C@@H](C)CC. The van der Waals surface area contributed by atoms with Crippen LogP contribution in [0.3, 0.4) is 0 Å². The van der Waals surface area contributed by atoms with Crippen molar-refractivity contribution < 1.29 is 39.0 Å². The van der Waals surface area contributed by atoms with Gasteiger partial charge in [-0.1, -0.05) is 71.2 Å².